The lowest BCUT2D eigenvalue weighted by Crippen LogP contribution is -2.40. The van der Waals surface area contributed by atoms with Crippen molar-refractivity contribution in [3.05, 3.63) is 10.4 Å². The van der Waals surface area contributed by atoms with Gasteiger partial charge >= 0.3 is 0 Å². The van der Waals surface area contributed by atoms with Gasteiger partial charge < -0.3 is 20.5 Å². The predicted octanol–water partition coefficient (Wildman–Crippen LogP) is -0.670. The zero-order valence-electron chi connectivity index (χ0n) is 8.25. The minimum Gasteiger partial charge on any atom is -0.785 e. The highest BCUT2D eigenvalue weighted by atomic mass is 16.5. The van der Waals surface area contributed by atoms with Crippen molar-refractivity contribution < 1.29 is 0 Å². The number of hydrogen-bond donors (Lipinski definition) is 2. The molecule has 6 nitrogen and oxygen atoms in total. The van der Waals surface area contributed by atoms with Gasteiger partial charge in [-0.3, -0.25) is 10.9 Å². The van der Waals surface area contributed by atoms with Crippen molar-refractivity contribution in [2.24, 2.45) is 0 Å². The van der Waals surface area contributed by atoms with Gasteiger partial charge in [0.1, 0.15) is 0 Å². The minimum atomic E-state index is 0.432. The van der Waals surface area contributed by atoms with E-state index < -0.39 is 0 Å². The smallest absolute Gasteiger partial charge is 0.0218 e. The SMILES string of the molecule is CCN([O-])CCNNCCN(C)[O-]. The molecule has 0 aromatic carbocycles. The second-order valence-corrected chi connectivity index (χ2v) is 2.73. The average Bonchev–Trinajstić information content (AvgIpc) is 2.10. The predicted molar refractivity (Wildman–Crippen MR) is 52.6 cm³/mol. The summed E-state index contributed by atoms with van der Waals surface area (Å²) in [5.74, 6) is 0. The number of hydroxylamine groups is 4. The lowest BCUT2D eigenvalue weighted by molar-refractivity contribution is 0.364. The van der Waals surface area contributed by atoms with Crippen LogP contribution in [0.3, 0.4) is 0 Å². The quantitative estimate of drug-likeness (QED) is 0.390. The van der Waals surface area contributed by atoms with Gasteiger partial charge in [-0.1, -0.05) is 6.92 Å². The van der Waals surface area contributed by atoms with Crippen LogP contribution in [0.25, 0.3) is 0 Å². The number of hydrazine groups is 1. The monoisotopic (exact) mass is 190 g/mol. The molecule has 13 heavy (non-hydrogen) atoms. The maximum atomic E-state index is 10.7. The maximum Gasteiger partial charge on any atom is 0.0218 e. The first-order valence-corrected chi connectivity index (χ1v) is 4.43. The minimum absolute atomic E-state index is 0.432. The number of rotatable bonds is 8. The van der Waals surface area contributed by atoms with Crippen molar-refractivity contribution in [1.82, 2.24) is 21.0 Å². The summed E-state index contributed by atoms with van der Waals surface area (Å²) in [5.41, 5.74) is 5.69. The van der Waals surface area contributed by atoms with E-state index >= 15 is 0 Å². The molecule has 6 heteroatoms. The molecule has 0 aliphatic heterocycles. The zero-order valence-corrected chi connectivity index (χ0v) is 8.25. The van der Waals surface area contributed by atoms with Crippen LogP contribution in [0.5, 0.6) is 0 Å². The van der Waals surface area contributed by atoms with E-state index in [2.05, 4.69) is 10.9 Å². The number of nitrogens with zero attached hydrogens (tertiary/aromatic N) is 2. The third-order valence-corrected chi connectivity index (χ3v) is 1.52. The van der Waals surface area contributed by atoms with E-state index in [4.69, 9.17) is 0 Å². The van der Waals surface area contributed by atoms with Gasteiger partial charge in [-0.05, 0) is 26.7 Å². The van der Waals surface area contributed by atoms with Gasteiger partial charge in [0.25, 0.3) is 0 Å². The van der Waals surface area contributed by atoms with Crippen molar-refractivity contribution in [3.63, 3.8) is 0 Å². The Morgan fingerprint density at radius 2 is 1.62 bits per heavy atom. The van der Waals surface area contributed by atoms with Gasteiger partial charge in [-0.2, -0.15) is 0 Å². The fourth-order valence-electron chi connectivity index (χ4n) is 0.729. The van der Waals surface area contributed by atoms with Gasteiger partial charge in [0.15, 0.2) is 0 Å². The fourth-order valence-corrected chi connectivity index (χ4v) is 0.729. The highest BCUT2D eigenvalue weighted by Crippen LogP contribution is 1.78. The van der Waals surface area contributed by atoms with E-state index in [-0.39, 0.29) is 0 Å². The summed E-state index contributed by atoms with van der Waals surface area (Å²) in [6.45, 7) is 4.36. The van der Waals surface area contributed by atoms with E-state index in [0.717, 1.165) is 10.1 Å². The van der Waals surface area contributed by atoms with Crippen LogP contribution < -0.4 is 10.9 Å². The van der Waals surface area contributed by atoms with Gasteiger partial charge in [-0.15, -0.1) is 0 Å². The van der Waals surface area contributed by atoms with Crippen LogP contribution in [0.15, 0.2) is 0 Å². The maximum absolute atomic E-state index is 10.7. The molecule has 0 spiro atoms. The molecule has 0 saturated heterocycles. The van der Waals surface area contributed by atoms with Gasteiger partial charge in [-0.25, -0.2) is 0 Å². The van der Waals surface area contributed by atoms with E-state index in [0.29, 0.717) is 32.7 Å². The third kappa shape index (κ3) is 9.68. The molecule has 0 aromatic heterocycles. The van der Waals surface area contributed by atoms with Crippen molar-refractivity contribution >= 4 is 0 Å². The Bertz CT molecular complexity index is 113. The first-order chi connectivity index (χ1) is 6.16. The molecule has 0 radical (unpaired) electrons. The van der Waals surface area contributed by atoms with Crippen LogP contribution in [0.1, 0.15) is 6.92 Å². The van der Waals surface area contributed by atoms with Crippen molar-refractivity contribution in [1.29, 1.82) is 0 Å². The van der Waals surface area contributed by atoms with E-state index in [1.54, 1.807) is 0 Å². The van der Waals surface area contributed by atoms with Gasteiger partial charge in [0, 0.05) is 13.1 Å². The summed E-state index contributed by atoms with van der Waals surface area (Å²) in [6.07, 6.45) is 0. The zero-order chi connectivity index (χ0) is 10.1. The van der Waals surface area contributed by atoms with Crippen molar-refractivity contribution in [2.45, 2.75) is 6.92 Å². The molecule has 0 heterocycles. The van der Waals surface area contributed by atoms with Crippen LogP contribution in [0.2, 0.25) is 0 Å². The summed E-state index contributed by atoms with van der Waals surface area (Å²) in [5, 5.41) is 23.0. The molecule has 0 unspecified atom stereocenters. The standard InChI is InChI=1S/C7H18N4O2/c1-3-11(13)7-5-9-8-4-6-10(2)12/h8-9H,3-7H2,1-2H3/q-2. The van der Waals surface area contributed by atoms with Gasteiger partial charge in [0.2, 0.25) is 0 Å². The second-order valence-electron chi connectivity index (χ2n) is 2.73. The molecule has 0 aromatic rings. The van der Waals surface area contributed by atoms with Crippen LogP contribution >= 0.6 is 0 Å². The van der Waals surface area contributed by atoms with Crippen LogP contribution in [-0.2, 0) is 0 Å². The first kappa shape index (κ1) is 12.8. The Morgan fingerprint density at radius 1 is 1.08 bits per heavy atom. The molecule has 0 amide bonds. The number of nitrogens with one attached hydrogen (secondary N) is 2. The third-order valence-electron chi connectivity index (χ3n) is 1.52. The molecule has 0 fully saturated rings. The van der Waals surface area contributed by atoms with E-state index in [1.165, 1.54) is 7.05 Å². The first-order valence-electron chi connectivity index (χ1n) is 4.43. The second kappa shape index (κ2) is 8.36. The summed E-state index contributed by atoms with van der Waals surface area (Å²) < 4.78 is 0. The molecule has 0 atom stereocenters. The Morgan fingerprint density at radius 3 is 2.08 bits per heavy atom. The molecule has 0 aliphatic rings. The normalized spacial score (nSPS) is 11.5. The summed E-state index contributed by atoms with van der Waals surface area (Å²) in [7, 11) is 1.47. The molecule has 2 N–H and O–H groups in total. The largest absolute Gasteiger partial charge is 0.785 e. The van der Waals surface area contributed by atoms with Crippen molar-refractivity contribution in [3.8, 4) is 0 Å². The Labute approximate surface area is 79.0 Å². The van der Waals surface area contributed by atoms with Crippen molar-refractivity contribution in [2.75, 3.05) is 39.8 Å². The Balaban J connectivity index is 2.99. The van der Waals surface area contributed by atoms with Crippen LogP contribution in [0.4, 0.5) is 0 Å². The van der Waals surface area contributed by atoms with E-state index in [1.807, 2.05) is 6.92 Å². The molecule has 0 bridgehead atoms. The van der Waals surface area contributed by atoms with Gasteiger partial charge in [0.05, 0.1) is 0 Å². The fraction of sp³-hybridized carbons (Fsp3) is 1.00. The average molecular weight is 190 g/mol. The summed E-state index contributed by atoms with van der Waals surface area (Å²) in [6, 6.07) is 0. The Hall–Kier alpha value is -0.240. The molecule has 0 rings (SSSR count). The molecule has 0 saturated carbocycles. The number of likely N-dealkylation sites (N-methyl/N-ethyl adjacent to an activating group) is 2. The highest BCUT2D eigenvalue weighted by molar-refractivity contribution is 4.56. The van der Waals surface area contributed by atoms with Crippen LogP contribution in [0, 0.1) is 10.4 Å². The molecule has 80 valence electrons. The lowest BCUT2D eigenvalue weighted by Gasteiger charge is -2.26. The van der Waals surface area contributed by atoms with E-state index in [9.17, 15) is 10.4 Å². The summed E-state index contributed by atoms with van der Waals surface area (Å²) in [4.78, 5) is 0. The molecule has 0 aliphatic carbocycles. The molecular formula is C7H18N4O2-2. The highest BCUT2D eigenvalue weighted by Gasteiger charge is 1.87. The number of hydrogen-bond acceptors (Lipinski definition) is 6. The molecular weight excluding hydrogens is 172 g/mol. The summed E-state index contributed by atoms with van der Waals surface area (Å²) >= 11 is 0. The lowest BCUT2D eigenvalue weighted by atomic mass is 10.6. The van der Waals surface area contributed by atoms with Crippen LogP contribution in [-0.4, -0.2) is 49.9 Å². The topological polar surface area (TPSA) is 76.7 Å². The Kier molecular flexibility index (Phi) is 8.21.